The Morgan fingerprint density at radius 3 is 2.50 bits per heavy atom. The van der Waals surface area contributed by atoms with Crippen molar-refractivity contribution in [1.82, 2.24) is 15.1 Å². The van der Waals surface area contributed by atoms with Crippen molar-refractivity contribution in [1.29, 1.82) is 0 Å². The molecule has 4 nitrogen and oxygen atoms in total. The van der Waals surface area contributed by atoms with Gasteiger partial charge in [0.15, 0.2) is 5.96 Å². The summed E-state index contributed by atoms with van der Waals surface area (Å²) < 4.78 is 0. The lowest BCUT2D eigenvalue weighted by Crippen LogP contribution is -2.43. The molecule has 1 atom stereocenters. The zero-order valence-electron chi connectivity index (χ0n) is 14.4. The molecule has 2 rings (SSSR count). The van der Waals surface area contributed by atoms with E-state index in [9.17, 15) is 0 Å². The first-order valence-corrected chi connectivity index (χ1v) is 8.70. The summed E-state index contributed by atoms with van der Waals surface area (Å²) in [4.78, 5) is 9.92. The minimum atomic E-state index is 0. The summed E-state index contributed by atoms with van der Waals surface area (Å²) in [5, 5.41) is 3.48. The van der Waals surface area contributed by atoms with Gasteiger partial charge in [0.1, 0.15) is 0 Å². The molecule has 1 unspecified atom stereocenters. The molecular weight excluding hydrogens is 387 g/mol. The van der Waals surface area contributed by atoms with E-state index < -0.39 is 0 Å². The number of hydrogen-bond donors (Lipinski definition) is 1. The van der Waals surface area contributed by atoms with Crippen LogP contribution in [0.15, 0.2) is 17.1 Å². The van der Waals surface area contributed by atoms with E-state index in [1.165, 1.54) is 19.3 Å². The second kappa shape index (κ2) is 10.5. The summed E-state index contributed by atoms with van der Waals surface area (Å²) in [5.74, 6) is 1.85. The highest BCUT2D eigenvalue weighted by atomic mass is 127. The smallest absolute Gasteiger partial charge is 0.193 e. The number of halogens is 1. The van der Waals surface area contributed by atoms with Gasteiger partial charge in [-0.25, -0.2) is 0 Å². The van der Waals surface area contributed by atoms with Crippen LogP contribution < -0.4 is 5.32 Å². The van der Waals surface area contributed by atoms with Crippen LogP contribution in [-0.2, 0) is 0 Å². The molecule has 0 aromatic heterocycles. The van der Waals surface area contributed by atoms with Gasteiger partial charge in [-0.3, -0.25) is 9.89 Å². The second-order valence-corrected chi connectivity index (χ2v) is 6.19. The molecule has 0 amide bonds. The van der Waals surface area contributed by atoms with Crippen LogP contribution in [0, 0.1) is 5.92 Å². The number of likely N-dealkylation sites (tertiary alicyclic amines) is 1. The molecule has 0 aromatic carbocycles. The number of nitrogens with one attached hydrogen (secondary N) is 1. The maximum absolute atomic E-state index is 4.90. The van der Waals surface area contributed by atoms with Crippen LogP contribution in [0.25, 0.3) is 0 Å². The number of hydrogen-bond acceptors (Lipinski definition) is 2. The molecule has 1 N–H and O–H groups in total. The first kappa shape index (κ1) is 19.7. The number of nitrogens with zero attached hydrogens (tertiary/aromatic N) is 3. The van der Waals surface area contributed by atoms with Gasteiger partial charge >= 0.3 is 0 Å². The Hall–Kier alpha value is -0.300. The third kappa shape index (κ3) is 5.41. The van der Waals surface area contributed by atoms with Crippen molar-refractivity contribution in [2.24, 2.45) is 10.9 Å². The molecule has 5 heteroatoms. The van der Waals surface area contributed by atoms with Crippen molar-refractivity contribution in [3.8, 4) is 0 Å². The van der Waals surface area contributed by atoms with E-state index in [1.807, 2.05) is 0 Å². The summed E-state index contributed by atoms with van der Waals surface area (Å²) >= 11 is 0. The third-order valence-electron chi connectivity index (χ3n) is 4.81. The van der Waals surface area contributed by atoms with Gasteiger partial charge in [-0.1, -0.05) is 38.8 Å². The van der Waals surface area contributed by atoms with Gasteiger partial charge in [-0.2, -0.15) is 0 Å². The van der Waals surface area contributed by atoms with Crippen molar-refractivity contribution < 1.29 is 0 Å². The van der Waals surface area contributed by atoms with Crippen LogP contribution in [0.4, 0.5) is 0 Å². The summed E-state index contributed by atoms with van der Waals surface area (Å²) in [6.07, 6.45) is 8.28. The zero-order chi connectivity index (χ0) is 15.1. The fraction of sp³-hybridized carbons (Fsp3) is 0.824. The molecule has 0 aromatic rings. The van der Waals surface area contributed by atoms with E-state index in [2.05, 4.69) is 48.0 Å². The summed E-state index contributed by atoms with van der Waals surface area (Å²) in [7, 11) is 0. The molecule has 22 heavy (non-hydrogen) atoms. The van der Waals surface area contributed by atoms with E-state index in [-0.39, 0.29) is 24.0 Å². The molecule has 1 fully saturated rings. The largest absolute Gasteiger partial charge is 0.357 e. The standard InChI is InChI=1S/C17H32N4.HI/c1-4-15(5-2)13-19-17(18-6-3)21-12-9-16(14-21)20-10-7-8-11-20;/h7-8,15-16H,4-6,9-14H2,1-3H3,(H,18,19);1H. The maximum atomic E-state index is 4.90. The highest BCUT2D eigenvalue weighted by Gasteiger charge is 2.29. The SMILES string of the molecule is CCNC(=NCC(CC)CC)N1CCC(N2CC=CC2)C1.I. The summed E-state index contributed by atoms with van der Waals surface area (Å²) in [6.45, 7) is 13.1. The number of guanidine groups is 1. The van der Waals surface area contributed by atoms with Crippen LogP contribution in [0.1, 0.15) is 40.0 Å². The van der Waals surface area contributed by atoms with Crippen molar-refractivity contribution in [3.63, 3.8) is 0 Å². The molecule has 0 aliphatic carbocycles. The van der Waals surface area contributed by atoms with Crippen LogP contribution in [0.3, 0.4) is 0 Å². The van der Waals surface area contributed by atoms with Gasteiger partial charge in [0.05, 0.1) is 0 Å². The van der Waals surface area contributed by atoms with Gasteiger partial charge in [-0.05, 0) is 19.3 Å². The lowest BCUT2D eigenvalue weighted by Gasteiger charge is -2.25. The Bertz CT molecular complexity index is 358. The van der Waals surface area contributed by atoms with Crippen molar-refractivity contribution in [2.45, 2.75) is 46.1 Å². The summed E-state index contributed by atoms with van der Waals surface area (Å²) in [5.41, 5.74) is 0. The molecule has 2 heterocycles. The normalized spacial score (nSPS) is 22.5. The van der Waals surface area contributed by atoms with Gasteiger partial charge in [0.2, 0.25) is 0 Å². The monoisotopic (exact) mass is 420 g/mol. The van der Waals surface area contributed by atoms with E-state index in [0.29, 0.717) is 6.04 Å². The molecule has 0 radical (unpaired) electrons. The van der Waals surface area contributed by atoms with Crippen LogP contribution in [0.5, 0.6) is 0 Å². The van der Waals surface area contributed by atoms with Crippen LogP contribution in [-0.4, -0.2) is 61.1 Å². The number of rotatable bonds is 6. The fourth-order valence-electron chi connectivity index (χ4n) is 3.21. The van der Waals surface area contributed by atoms with Gasteiger partial charge in [-0.15, -0.1) is 24.0 Å². The van der Waals surface area contributed by atoms with E-state index in [0.717, 1.165) is 51.1 Å². The average molecular weight is 420 g/mol. The van der Waals surface area contributed by atoms with E-state index in [4.69, 9.17) is 4.99 Å². The molecular formula is C17H33IN4. The molecule has 1 saturated heterocycles. The Kier molecular flexibility index (Phi) is 9.40. The highest BCUT2D eigenvalue weighted by molar-refractivity contribution is 14.0. The Labute approximate surface area is 153 Å². The van der Waals surface area contributed by atoms with Crippen molar-refractivity contribution >= 4 is 29.9 Å². The topological polar surface area (TPSA) is 30.9 Å². The fourth-order valence-corrected chi connectivity index (χ4v) is 3.21. The minimum Gasteiger partial charge on any atom is -0.357 e. The van der Waals surface area contributed by atoms with Crippen molar-refractivity contribution in [2.75, 3.05) is 39.3 Å². The van der Waals surface area contributed by atoms with E-state index in [1.54, 1.807) is 0 Å². The van der Waals surface area contributed by atoms with Crippen molar-refractivity contribution in [3.05, 3.63) is 12.2 Å². The average Bonchev–Trinajstić information content (AvgIpc) is 3.18. The Morgan fingerprint density at radius 2 is 1.91 bits per heavy atom. The second-order valence-electron chi connectivity index (χ2n) is 6.19. The van der Waals surface area contributed by atoms with Gasteiger partial charge < -0.3 is 10.2 Å². The third-order valence-corrected chi connectivity index (χ3v) is 4.81. The lowest BCUT2D eigenvalue weighted by molar-refractivity contribution is 0.259. The quantitative estimate of drug-likeness (QED) is 0.310. The van der Waals surface area contributed by atoms with Crippen LogP contribution in [0.2, 0.25) is 0 Å². The van der Waals surface area contributed by atoms with Crippen LogP contribution >= 0.6 is 24.0 Å². The molecule has 128 valence electrons. The van der Waals surface area contributed by atoms with Gasteiger partial charge in [0.25, 0.3) is 0 Å². The predicted molar refractivity (Wildman–Crippen MR) is 106 cm³/mol. The van der Waals surface area contributed by atoms with Gasteiger partial charge in [0, 0.05) is 45.3 Å². The molecule has 2 aliphatic heterocycles. The predicted octanol–water partition coefficient (Wildman–Crippen LogP) is 2.95. The highest BCUT2D eigenvalue weighted by Crippen LogP contribution is 2.18. The zero-order valence-corrected chi connectivity index (χ0v) is 16.8. The van der Waals surface area contributed by atoms with E-state index >= 15 is 0 Å². The molecule has 0 saturated carbocycles. The Balaban J connectivity index is 0.00000242. The Morgan fingerprint density at radius 1 is 1.23 bits per heavy atom. The molecule has 2 aliphatic rings. The first-order chi connectivity index (χ1) is 10.3. The lowest BCUT2D eigenvalue weighted by atomic mass is 10.0. The molecule has 0 spiro atoms. The first-order valence-electron chi connectivity index (χ1n) is 8.70. The summed E-state index contributed by atoms with van der Waals surface area (Å²) in [6, 6.07) is 0.692. The molecule has 0 bridgehead atoms. The maximum Gasteiger partial charge on any atom is 0.193 e. The minimum absolute atomic E-state index is 0. The number of aliphatic imine (C=N–C) groups is 1.